The maximum Gasteiger partial charge on any atom is 0.417 e. The maximum absolute atomic E-state index is 12.8. The molecular formula is C15H17ClF3NO. The summed E-state index contributed by atoms with van der Waals surface area (Å²) >= 11 is 5.62. The van der Waals surface area contributed by atoms with Crippen LogP contribution in [0.1, 0.15) is 37.7 Å². The highest BCUT2D eigenvalue weighted by molar-refractivity contribution is 6.31. The fourth-order valence-electron chi connectivity index (χ4n) is 3.30. The Morgan fingerprint density at radius 1 is 1.14 bits per heavy atom. The molecule has 2 bridgehead atoms. The van der Waals surface area contributed by atoms with Gasteiger partial charge in [-0.05, 0) is 43.9 Å². The van der Waals surface area contributed by atoms with E-state index in [1.807, 2.05) is 0 Å². The van der Waals surface area contributed by atoms with E-state index in [0.29, 0.717) is 12.1 Å². The molecule has 2 aliphatic rings. The molecule has 2 fully saturated rings. The van der Waals surface area contributed by atoms with Gasteiger partial charge in [0.2, 0.25) is 0 Å². The smallest absolute Gasteiger partial charge is 0.417 e. The molecule has 0 aliphatic carbocycles. The second-order valence-electron chi connectivity index (χ2n) is 5.84. The first kappa shape index (κ1) is 15.0. The van der Waals surface area contributed by atoms with Crippen molar-refractivity contribution in [3.8, 4) is 5.75 Å². The topological polar surface area (TPSA) is 21.3 Å². The highest BCUT2D eigenvalue weighted by atomic mass is 35.5. The molecule has 0 spiro atoms. The third kappa shape index (κ3) is 3.46. The standard InChI is InChI=1S/C15H17ClF3NO/c16-14-5-4-11(8-13(14)15(17,18)19)21-12-6-9-2-1-3-10(7-12)20-9/h4-5,8-10,12,20H,1-3,6-7H2/t9-,10+,12-. The number of piperidine rings is 2. The summed E-state index contributed by atoms with van der Waals surface area (Å²) in [5.74, 6) is 0.247. The third-order valence-electron chi connectivity index (χ3n) is 4.22. The van der Waals surface area contributed by atoms with Crippen LogP contribution >= 0.6 is 11.6 Å². The highest BCUT2D eigenvalue weighted by Crippen LogP contribution is 2.37. The summed E-state index contributed by atoms with van der Waals surface area (Å²) in [6, 6.07) is 4.62. The predicted octanol–water partition coefficient (Wildman–Crippen LogP) is 4.41. The van der Waals surface area contributed by atoms with Crippen molar-refractivity contribution in [2.45, 2.75) is 56.5 Å². The molecule has 2 saturated heterocycles. The fourth-order valence-corrected chi connectivity index (χ4v) is 3.52. The first-order valence-corrected chi connectivity index (χ1v) is 7.59. The minimum absolute atomic E-state index is 0.0243. The van der Waals surface area contributed by atoms with Crippen LogP contribution in [0.25, 0.3) is 0 Å². The van der Waals surface area contributed by atoms with E-state index in [0.717, 1.165) is 31.7 Å². The van der Waals surface area contributed by atoms with Gasteiger partial charge in [-0.2, -0.15) is 13.2 Å². The molecule has 6 heteroatoms. The van der Waals surface area contributed by atoms with Crippen molar-refractivity contribution in [3.63, 3.8) is 0 Å². The average molecular weight is 320 g/mol. The molecule has 0 radical (unpaired) electrons. The van der Waals surface area contributed by atoms with Gasteiger partial charge in [-0.3, -0.25) is 0 Å². The molecule has 3 rings (SSSR count). The van der Waals surface area contributed by atoms with Gasteiger partial charge in [0.05, 0.1) is 10.6 Å². The molecule has 116 valence electrons. The van der Waals surface area contributed by atoms with E-state index >= 15 is 0 Å². The van der Waals surface area contributed by atoms with E-state index in [1.54, 1.807) is 0 Å². The Kier molecular flexibility index (Phi) is 4.06. The Balaban J connectivity index is 1.73. The van der Waals surface area contributed by atoms with Crippen molar-refractivity contribution in [1.29, 1.82) is 0 Å². The number of rotatable bonds is 2. The van der Waals surface area contributed by atoms with E-state index < -0.39 is 11.7 Å². The normalized spacial score (nSPS) is 29.2. The molecule has 2 aliphatic heterocycles. The lowest BCUT2D eigenvalue weighted by Crippen LogP contribution is -2.51. The molecule has 2 nitrogen and oxygen atoms in total. The van der Waals surface area contributed by atoms with Gasteiger partial charge in [0.1, 0.15) is 11.9 Å². The van der Waals surface area contributed by atoms with Crippen LogP contribution in [0.2, 0.25) is 5.02 Å². The van der Waals surface area contributed by atoms with Crippen LogP contribution < -0.4 is 10.1 Å². The average Bonchev–Trinajstić information content (AvgIpc) is 2.39. The zero-order chi connectivity index (χ0) is 15.0. The minimum atomic E-state index is -4.46. The van der Waals surface area contributed by atoms with Crippen molar-refractivity contribution in [2.24, 2.45) is 0 Å². The lowest BCUT2D eigenvalue weighted by atomic mass is 9.85. The van der Waals surface area contributed by atoms with Crippen LogP contribution in [-0.4, -0.2) is 18.2 Å². The quantitative estimate of drug-likeness (QED) is 0.871. The summed E-state index contributed by atoms with van der Waals surface area (Å²) in [6.07, 6.45) is 0.662. The summed E-state index contributed by atoms with van der Waals surface area (Å²) in [5, 5.41) is 3.24. The number of alkyl halides is 3. The molecule has 0 saturated carbocycles. The number of benzene rings is 1. The number of halogens is 4. The molecule has 2 heterocycles. The monoisotopic (exact) mass is 319 g/mol. The van der Waals surface area contributed by atoms with Gasteiger partial charge in [0.15, 0.2) is 0 Å². The molecule has 0 unspecified atom stereocenters. The number of ether oxygens (including phenoxy) is 1. The van der Waals surface area contributed by atoms with Gasteiger partial charge >= 0.3 is 6.18 Å². The molecule has 0 aromatic heterocycles. The zero-order valence-electron chi connectivity index (χ0n) is 11.4. The molecule has 1 aromatic carbocycles. The molecular weight excluding hydrogens is 303 g/mol. The number of fused-ring (bicyclic) bond motifs is 2. The zero-order valence-corrected chi connectivity index (χ0v) is 12.2. The van der Waals surface area contributed by atoms with Gasteiger partial charge in [-0.15, -0.1) is 0 Å². The first-order valence-electron chi connectivity index (χ1n) is 7.21. The fraction of sp³-hybridized carbons (Fsp3) is 0.600. The summed E-state index contributed by atoms with van der Waals surface area (Å²) < 4.78 is 44.3. The second kappa shape index (κ2) is 5.69. The van der Waals surface area contributed by atoms with Crippen LogP contribution in [0.4, 0.5) is 13.2 Å². The molecule has 0 amide bonds. The van der Waals surface area contributed by atoms with Gasteiger partial charge in [-0.1, -0.05) is 18.0 Å². The highest BCUT2D eigenvalue weighted by Gasteiger charge is 2.35. The number of hydrogen-bond donors (Lipinski definition) is 1. The predicted molar refractivity (Wildman–Crippen MR) is 74.7 cm³/mol. The molecule has 1 N–H and O–H groups in total. The lowest BCUT2D eigenvalue weighted by Gasteiger charge is -2.40. The van der Waals surface area contributed by atoms with Crippen molar-refractivity contribution in [1.82, 2.24) is 5.32 Å². The second-order valence-corrected chi connectivity index (χ2v) is 6.25. The SMILES string of the molecule is FC(F)(F)c1cc(O[C@@H]2C[C@H]3CCC[C@@H](C2)N3)ccc1Cl. The Hall–Kier alpha value is -0.940. The summed E-state index contributed by atoms with van der Waals surface area (Å²) in [7, 11) is 0. The molecule has 3 atom stereocenters. The Bertz CT molecular complexity index is 508. The van der Waals surface area contributed by atoms with Crippen LogP contribution in [0, 0.1) is 0 Å². The Morgan fingerprint density at radius 3 is 2.43 bits per heavy atom. The summed E-state index contributed by atoms with van der Waals surface area (Å²) in [6.45, 7) is 0. The maximum atomic E-state index is 12.8. The molecule has 1 aromatic rings. The number of hydrogen-bond acceptors (Lipinski definition) is 2. The Morgan fingerprint density at radius 2 is 1.81 bits per heavy atom. The van der Waals surface area contributed by atoms with E-state index in [4.69, 9.17) is 16.3 Å². The van der Waals surface area contributed by atoms with Gasteiger partial charge in [0.25, 0.3) is 0 Å². The first-order chi connectivity index (χ1) is 9.91. The van der Waals surface area contributed by atoms with Crippen LogP contribution in [0.5, 0.6) is 5.75 Å². The van der Waals surface area contributed by atoms with Crippen LogP contribution in [0.15, 0.2) is 18.2 Å². The van der Waals surface area contributed by atoms with Crippen molar-refractivity contribution >= 4 is 11.6 Å². The third-order valence-corrected chi connectivity index (χ3v) is 4.55. The van der Waals surface area contributed by atoms with E-state index in [-0.39, 0.29) is 16.9 Å². The largest absolute Gasteiger partial charge is 0.490 e. The van der Waals surface area contributed by atoms with E-state index in [9.17, 15) is 13.2 Å². The van der Waals surface area contributed by atoms with E-state index in [2.05, 4.69) is 5.32 Å². The van der Waals surface area contributed by atoms with Crippen LogP contribution in [0.3, 0.4) is 0 Å². The Labute approximate surface area is 126 Å². The van der Waals surface area contributed by atoms with Gasteiger partial charge < -0.3 is 10.1 Å². The van der Waals surface area contributed by atoms with E-state index in [1.165, 1.54) is 18.6 Å². The lowest BCUT2D eigenvalue weighted by molar-refractivity contribution is -0.137. The van der Waals surface area contributed by atoms with Crippen molar-refractivity contribution in [3.05, 3.63) is 28.8 Å². The van der Waals surface area contributed by atoms with Crippen molar-refractivity contribution < 1.29 is 17.9 Å². The van der Waals surface area contributed by atoms with Crippen molar-refractivity contribution in [2.75, 3.05) is 0 Å². The summed E-state index contributed by atoms with van der Waals surface area (Å²) in [5.41, 5.74) is -0.837. The van der Waals surface area contributed by atoms with Gasteiger partial charge in [0, 0.05) is 12.1 Å². The van der Waals surface area contributed by atoms with Gasteiger partial charge in [-0.25, -0.2) is 0 Å². The summed E-state index contributed by atoms with van der Waals surface area (Å²) in [4.78, 5) is 0. The van der Waals surface area contributed by atoms with Crippen LogP contribution in [-0.2, 0) is 6.18 Å². The number of nitrogens with one attached hydrogen (secondary N) is 1. The minimum Gasteiger partial charge on any atom is -0.490 e. The molecule has 21 heavy (non-hydrogen) atoms.